The van der Waals surface area contributed by atoms with E-state index in [2.05, 4.69) is 134 Å². The van der Waals surface area contributed by atoms with Gasteiger partial charge in [0.25, 0.3) is 0 Å². The van der Waals surface area contributed by atoms with Gasteiger partial charge in [0.15, 0.2) is 0 Å². The Kier molecular flexibility index (Phi) is 16.0. The van der Waals surface area contributed by atoms with Gasteiger partial charge in [-0.25, -0.2) is 0 Å². The molecular weight excluding hydrogens is 575 g/mol. The first-order chi connectivity index (χ1) is 19.6. The molecule has 0 fully saturated rings. The van der Waals surface area contributed by atoms with Crippen LogP contribution in [0.3, 0.4) is 0 Å². The smallest absolute Gasteiger partial charge is 0.0780 e. The summed E-state index contributed by atoms with van der Waals surface area (Å²) in [6.45, 7) is 49.2. The Labute approximate surface area is 285 Å². The quantitative estimate of drug-likeness (QED) is 0.0671. The third kappa shape index (κ3) is 12.4. The zero-order valence-electron chi connectivity index (χ0n) is 32.2. The van der Waals surface area contributed by atoms with Crippen molar-refractivity contribution in [3.8, 4) is 0 Å². The van der Waals surface area contributed by atoms with E-state index in [-0.39, 0.29) is 31.8 Å². The lowest BCUT2D eigenvalue weighted by atomic mass is 9.53. The largest absolute Gasteiger partial charge is 0.392 e. The maximum Gasteiger partial charge on any atom is 0.0780 e. The van der Waals surface area contributed by atoms with Crippen molar-refractivity contribution < 1.29 is 5.11 Å². The average molecular weight is 648 g/mol. The number of rotatable bonds is 18. The highest BCUT2D eigenvalue weighted by molar-refractivity contribution is 8.24. The summed E-state index contributed by atoms with van der Waals surface area (Å²) in [5.74, 6) is 0.847. The van der Waals surface area contributed by atoms with Crippen molar-refractivity contribution in [3.63, 3.8) is 0 Å². The monoisotopic (exact) mass is 648 g/mol. The molecule has 0 rings (SSSR count). The van der Waals surface area contributed by atoms with Gasteiger partial charge in [-0.15, -0.1) is 11.8 Å². The molecule has 256 valence electrons. The molecular formula is C40H73NOS2. The average Bonchev–Trinajstić information content (AvgIpc) is 2.81. The van der Waals surface area contributed by atoms with Gasteiger partial charge in [0.1, 0.15) is 0 Å². The lowest BCUT2D eigenvalue weighted by Crippen LogP contribution is -2.47. The fraction of sp³-hybridized carbons (Fsp3) is 0.775. The minimum atomic E-state index is -0.415. The van der Waals surface area contributed by atoms with E-state index in [9.17, 15) is 5.11 Å². The number of allylic oxidation sites excluding steroid dienone is 5. The van der Waals surface area contributed by atoms with Gasteiger partial charge in [-0.05, 0) is 85.5 Å². The summed E-state index contributed by atoms with van der Waals surface area (Å²) < 4.78 is 0.860. The molecule has 0 amide bonds. The molecule has 0 saturated carbocycles. The highest BCUT2D eigenvalue weighted by atomic mass is 32.2. The van der Waals surface area contributed by atoms with Crippen LogP contribution in [0.1, 0.15) is 143 Å². The first-order valence-electron chi connectivity index (χ1n) is 16.9. The van der Waals surface area contributed by atoms with Crippen molar-refractivity contribution in [1.82, 2.24) is 5.32 Å². The second-order valence-electron chi connectivity index (χ2n) is 17.8. The molecule has 0 aliphatic rings. The van der Waals surface area contributed by atoms with Gasteiger partial charge in [-0.3, -0.25) is 0 Å². The Bertz CT molecular complexity index is 1040. The van der Waals surface area contributed by atoms with Crippen LogP contribution in [-0.4, -0.2) is 26.7 Å². The Hall–Kier alpha value is -0.840. The van der Waals surface area contributed by atoms with Crippen LogP contribution in [0.25, 0.3) is 0 Å². The number of aliphatic hydroxyl groups is 1. The van der Waals surface area contributed by atoms with Gasteiger partial charge in [0.05, 0.1) is 10.3 Å². The van der Waals surface area contributed by atoms with Crippen molar-refractivity contribution in [3.05, 3.63) is 48.2 Å². The van der Waals surface area contributed by atoms with Crippen molar-refractivity contribution in [2.75, 3.05) is 6.54 Å². The van der Waals surface area contributed by atoms with Gasteiger partial charge < -0.3 is 10.4 Å². The van der Waals surface area contributed by atoms with Crippen LogP contribution in [-0.2, 0) is 0 Å². The van der Waals surface area contributed by atoms with Gasteiger partial charge in [0.2, 0.25) is 0 Å². The lowest BCUT2D eigenvalue weighted by molar-refractivity contribution is 0.0179. The Morgan fingerprint density at radius 3 is 1.82 bits per heavy atom. The maximum absolute atomic E-state index is 10.0. The molecule has 0 aromatic rings. The van der Waals surface area contributed by atoms with Crippen molar-refractivity contribution in [2.24, 2.45) is 38.9 Å². The molecule has 0 aliphatic heterocycles. The Morgan fingerprint density at radius 2 is 1.41 bits per heavy atom. The number of thiocarbonyl (C=S) groups is 1. The van der Waals surface area contributed by atoms with E-state index < -0.39 is 6.10 Å². The molecule has 0 aromatic carbocycles. The Balaban J connectivity index is 6.74. The highest BCUT2D eigenvalue weighted by Gasteiger charge is 2.50. The second-order valence-corrected chi connectivity index (χ2v) is 20.1. The summed E-state index contributed by atoms with van der Waals surface area (Å²) in [6.07, 6.45) is 10.00. The van der Waals surface area contributed by atoms with E-state index in [1.807, 2.05) is 25.6 Å². The topological polar surface area (TPSA) is 32.3 Å². The maximum atomic E-state index is 10.0. The molecule has 44 heavy (non-hydrogen) atoms. The summed E-state index contributed by atoms with van der Waals surface area (Å²) >= 11 is 7.83. The molecule has 2 nitrogen and oxygen atoms in total. The number of thioether (sulfide) groups is 1. The van der Waals surface area contributed by atoms with E-state index in [0.717, 1.165) is 41.2 Å². The predicted octanol–water partition coefficient (Wildman–Crippen LogP) is 12.4. The highest BCUT2D eigenvalue weighted by Crippen LogP contribution is 2.59. The summed E-state index contributed by atoms with van der Waals surface area (Å²) in [5.41, 5.74) is 3.39. The summed E-state index contributed by atoms with van der Waals surface area (Å²) in [4.78, 5) is 0. The van der Waals surface area contributed by atoms with Crippen LogP contribution in [0.15, 0.2) is 48.2 Å². The molecule has 0 bridgehead atoms. The third-order valence-electron chi connectivity index (χ3n) is 10.2. The van der Waals surface area contributed by atoms with Gasteiger partial charge in [-0.1, -0.05) is 146 Å². The van der Waals surface area contributed by atoms with Crippen LogP contribution in [0.2, 0.25) is 0 Å². The minimum Gasteiger partial charge on any atom is -0.392 e. The standard InChI is InChI=1S/C40H73NOS2/c1-20-22-33(21-2)34(43)44-38(16,17)31(7)39(18,29(5)24-35(9,10)11)27-36(12,13)26-37(14,15)40(19,23-28(3)4)32(8)41-25-30(6)42/h20-22,28,30-31,41-42H,5,8,23-27H2,1-4,6-7,9-19H3/b22-20-,33-21+. The minimum absolute atomic E-state index is 0.0246. The zero-order valence-corrected chi connectivity index (χ0v) is 33.8. The SMILES string of the molecule is C=C(CC(C)(C)C)C(C)(CC(C)(C)CC(C)(C)C(C)(CC(C)C)C(=C)NCC(C)O)C(C)C(C)(C)SC(=S)C(/C=C\C)=C/C. The van der Waals surface area contributed by atoms with E-state index >= 15 is 0 Å². The molecule has 0 heterocycles. The molecule has 0 spiro atoms. The van der Waals surface area contributed by atoms with E-state index in [1.165, 1.54) is 5.57 Å². The van der Waals surface area contributed by atoms with Crippen LogP contribution in [0.5, 0.6) is 0 Å². The molecule has 4 unspecified atom stereocenters. The molecule has 2 N–H and O–H groups in total. The van der Waals surface area contributed by atoms with E-state index in [1.54, 1.807) is 0 Å². The first kappa shape index (κ1) is 43.2. The third-order valence-corrected chi connectivity index (χ3v) is 11.9. The van der Waals surface area contributed by atoms with E-state index in [0.29, 0.717) is 18.4 Å². The molecule has 0 aliphatic carbocycles. The van der Waals surface area contributed by atoms with Crippen LogP contribution in [0.4, 0.5) is 0 Å². The zero-order chi connectivity index (χ0) is 35.1. The van der Waals surface area contributed by atoms with Crippen LogP contribution >= 0.6 is 24.0 Å². The van der Waals surface area contributed by atoms with Gasteiger partial charge in [-0.2, -0.15) is 0 Å². The Morgan fingerprint density at radius 1 is 0.886 bits per heavy atom. The number of hydrogen-bond donors (Lipinski definition) is 2. The van der Waals surface area contributed by atoms with Crippen LogP contribution < -0.4 is 5.32 Å². The summed E-state index contributed by atoms with van der Waals surface area (Å²) in [5, 5.41) is 13.5. The van der Waals surface area contributed by atoms with Crippen LogP contribution in [0, 0.1) is 38.9 Å². The molecule has 0 radical (unpaired) electrons. The van der Waals surface area contributed by atoms with E-state index in [4.69, 9.17) is 18.8 Å². The summed E-state index contributed by atoms with van der Waals surface area (Å²) in [7, 11) is 0. The number of hydrogen-bond acceptors (Lipinski definition) is 4. The predicted molar refractivity (Wildman–Crippen MR) is 207 cm³/mol. The fourth-order valence-electron chi connectivity index (χ4n) is 7.58. The molecule has 4 heteroatoms. The van der Waals surface area contributed by atoms with Crippen molar-refractivity contribution >= 4 is 28.2 Å². The molecule has 0 saturated heterocycles. The fourth-order valence-corrected chi connectivity index (χ4v) is 9.63. The lowest BCUT2D eigenvalue weighted by Gasteiger charge is -2.54. The first-order valence-corrected chi connectivity index (χ1v) is 18.1. The van der Waals surface area contributed by atoms with Gasteiger partial charge in [0, 0.05) is 22.4 Å². The summed E-state index contributed by atoms with van der Waals surface area (Å²) in [6, 6.07) is 0. The second kappa shape index (κ2) is 16.3. The molecule has 4 atom stereocenters. The van der Waals surface area contributed by atoms with Crippen molar-refractivity contribution in [1.29, 1.82) is 0 Å². The number of nitrogens with one attached hydrogen (secondary N) is 1. The molecule has 0 aromatic heterocycles. The normalized spacial score (nSPS) is 18.1. The number of aliphatic hydroxyl groups excluding tert-OH is 1. The van der Waals surface area contributed by atoms with Gasteiger partial charge >= 0.3 is 0 Å². The van der Waals surface area contributed by atoms with Crippen molar-refractivity contribution in [2.45, 2.75) is 154 Å².